The zero-order valence-corrected chi connectivity index (χ0v) is 8.83. The van der Waals surface area contributed by atoms with Gasteiger partial charge in [-0.3, -0.25) is 4.79 Å². The summed E-state index contributed by atoms with van der Waals surface area (Å²) in [6.45, 7) is 1.97. The van der Waals surface area contributed by atoms with Crippen molar-refractivity contribution in [1.82, 2.24) is 5.32 Å². The first-order chi connectivity index (χ1) is 7.13. The van der Waals surface area contributed by atoms with Gasteiger partial charge in [0.1, 0.15) is 5.75 Å². The van der Waals surface area contributed by atoms with Crippen LogP contribution in [-0.2, 0) is 6.42 Å². The van der Waals surface area contributed by atoms with Gasteiger partial charge in [0, 0.05) is 6.04 Å². The molecule has 2 rings (SSSR count). The van der Waals surface area contributed by atoms with Crippen LogP contribution in [0.4, 0.5) is 5.69 Å². The number of rotatable bonds is 1. The number of benzene rings is 1. The van der Waals surface area contributed by atoms with Crippen molar-refractivity contribution in [2.45, 2.75) is 19.4 Å². The van der Waals surface area contributed by atoms with E-state index in [1.807, 2.05) is 13.0 Å². The number of fused-ring (bicyclic) bond motifs is 1. The summed E-state index contributed by atoms with van der Waals surface area (Å²) in [7, 11) is 1.54. The average Bonchev–Trinajstić information content (AvgIpc) is 2.17. The lowest BCUT2D eigenvalue weighted by Gasteiger charge is -2.24. The minimum Gasteiger partial charge on any atom is -0.495 e. The van der Waals surface area contributed by atoms with Crippen molar-refractivity contribution in [3.05, 3.63) is 23.3 Å². The summed E-state index contributed by atoms with van der Waals surface area (Å²) in [6.07, 6.45) is 0.815. The van der Waals surface area contributed by atoms with E-state index in [0.717, 1.165) is 12.0 Å². The average molecular weight is 206 g/mol. The summed E-state index contributed by atoms with van der Waals surface area (Å²) in [5.74, 6) is 0.443. The van der Waals surface area contributed by atoms with Crippen molar-refractivity contribution in [2.24, 2.45) is 0 Å². The fourth-order valence-corrected chi connectivity index (χ4v) is 1.94. The third-order valence-electron chi connectivity index (χ3n) is 2.64. The Hall–Kier alpha value is -1.71. The van der Waals surface area contributed by atoms with E-state index in [9.17, 15) is 4.79 Å². The molecule has 0 unspecified atom stereocenters. The number of nitrogens with one attached hydrogen (secondary N) is 1. The highest BCUT2D eigenvalue weighted by molar-refractivity contribution is 6.03. The first-order valence-corrected chi connectivity index (χ1v) is 4.89. The molecule has 4 heteroatoms. The molecule has 0 saturated carbocycles. The minimum absolute atomic E-state index is 0.111. The molecule has 0 fully saturated rings. The lowest BCUT2D eigenvalue weighted by atomic mass is 9.94. The van der Waals surface area contributed by atoms with Crippen LogP contribution in [0.3, 0.4) is 0 Å². The first-order valence-electron chi connectivity index (χ1n) is 4.89. The van der Waals surface area contributed by atoms with Crippen LogP contribution < -0.4 is 15.8 Å². The van der Waals surface area contributed by atoms with Gasteiger partial charge in [-0.2, -0.15) is 0 Å². The van der Waals surface area contributed by atoms with Gasteiger partial charge in [0.15, 0.2) is 0 Å². The monoisotopic (exact) mass is 206 g/mol. The molecule has 0 spiro atoms. The molecule has 4 nitrogen and oxygen atoms in total. The molecule has 1 aliphatic heterocycles. The molecule has 1 amide bonds. The molecule has 0 radical (unpaired) electrons. The van der Waals surface area contributed by atoms with Crippen molar-refractivity contribution in [3.63, 3.8) is 0 Å². The molecule has 1 aromatic carbocycles. The standard InChI is InChI=1S/C11H14N2O2/c1-6-5-7-3-4-8(15-2)10(12)9(7)11(14)13-6/h3-4,6H,5,12H2,1-2H3,(H,13,14)/t6-/m1/s1. The van der Waals surface area contributed by atoms with Crippen molar-refractivity contribution in [1.29, 1.82) is 0 Å². The van der Waals surface area contributed by atoms with Crippen LogP contribution in [0.2, 0.25) is 0 Å². The SMILES string of the molecule is COc1ccc2c(c1N)C(=O)N[C@H](C)C2. The van der Waals surface area contributed by atoms with Crippen molar-refractivity contribution in [3.8, 4) is 5.75 Å². The number of carbonyl (C=O) groups excluding carboxylic acids is 1. The number of methoxy groups -OCH3 is 1. The Morgan fingerprint density at radius 2 is 2.27 bits per heavy atom. The number of hydrogen-bond acceptors (Lipinski definition) is 3. The first kappa shape index (κ1) is 9.83. The lowest BCUT2D eigenvalue weighted by Crippen LogP contribution is -2.39. The van der Waals surface area contributed by atoms with Crippen LogP contribution in [-0.4, -0.2) is 19.1 Å². The molecule has 1 atom stereocenters. The third kappa shape index (κ3) is 1.52. The summed E-state index contributed by atoms with van der Waals surface area (Å²) >= 11 is 0. The summed E-state index contributed by atoms with van der Waals surface area (Å²) in [5.41, 5.74) is 7.85. The van der Waals surface area contributed by atoms with Crippen LogP contribution in [0.25, 0.3) is 0 Å². The molecule has 1 aliphatic rings. The van der Waals surface area contributed by atoms with E-state index in [4.69, 9.17) is 10.5 Å². The molecule has 0 bridgehead atoms. The van der Waals surface area contributed by atoms with E-state index in [1.165, 1.54) is 0 Å². The third-order valence-corrected chi connectivity index (χ3v) is 2.64. The maximum atomic E-state index is 11.7. The smallest absolute Gasteiger partial charge is 0.254 e. The van der Waals surface area contributed by atoms with E-state index >= 15 is 0 Å². The molecule has 0 saturated heterocycles. The molecule has 3 N–H and O–H groups in total. The normalized spacial score (nSPS) is 19.3. The Labute approximate surface area is 88.4 Å². The van der Waals surface area contributed by atoms with Crippen LogP contribution in [0.1, 0.15) is 22.8 Å². The Kier molecular flexibility index (Phi) is 2.26. The topological polar surface area (TPSA) is 64.3 Å². The number of amides is 1. The summed E-state index contributed by atoms with van der Waals surface area (Å²) in [6, 6.07) is 3.87. The van der Waals surface area contributed by atoms with Gasteiger partial charge in [-0.05, 0) is 25.0 Å². The minimum atomic E-state index is -0.111. The highest BCUT2D eigenvalue weighted by Crippen LogP contribution is 2.30. The van der Waals surface area contributed by atoms with Gasteiger partial charge >= 0.3 is 0 Å². The lowest BCUT2D eigenvalue weighted by molar-refractivity contribution is 0.0930. The van der Waals surface area contributed by atoms with Crippen LogP contribution in [0, 0.1) is 0 Å². The summed E-state index contributed by atoms with van der Waals surface area (Å²) in [5, 5.41) is 2.85. The molecule has 1 aromatic rings. The van der Waals surface area contributed by atoms with Crippen LogP contribution in [0.15, 0.2) is 12.1 Å². The Morgan fingerprint density at radius 3 is 2.93 bits per heavy atom. The predicted molar refractivity (Wildman–Crippen MR) is 58.0 cm³/mol. The van der Waals surface area contributed by atoms with Crippen molar-refractivity contribution >= 4 is 11.6 Å². The number of anilines is 1. The molecule has 1 heterocycles. The highest BCUT2D eigenvalue weighted by Gasteiger charge is 2.25. The van der Waals surface area contributed by atoms with Crippen LogP contribution in [0.5, 0.6) is 5.75 Å². The number of carbonyl (C=O) groups is 1. The van der Waals surface area contributed by atoms with E-state index in [0.29, 0.717) is 17.0 Å². The maximum Gasteiger partial charge on any atom is 0.254 e. The fourth-order valence-electron chi connectivity index (χ4n) is 1.94. The highest BCUT2D eigenvalue weighted by atomic mass is 16.5. The van der Waals surface area contributed by atoms with E-state index in [1.54, 1.807) is 13.2 Å². The maximum absolute atomic E-state index is 11.7. The van der Waals surface area contributed by atoms with Gasteiger partial charge in [-0.1, -0.05) is 6.07 Å². The van der Waals surface area contributed by atoms with Gasteiger partial charge in [-0.25, -0.2) is 0 Å². The Balaban J connectivity index is 2.56. The largest absolute Gasteiger partial charge is 0.495 e. The van der Waals surface area contributed by atoms with E-state index in [2.05, 4.69) is 5.32 Å². The Morgan fingerprint density at radius 1 is 1.53 bits per heavy atom. The van der Waals surface area contributed by atoms with Crippen molar-refractivity contribution in [2.75, 3.05) is 12.8 Å². The zero-order chi connectivity index (χ0) is 11.0. The van der Waals surface area contributed by atoms with Gasteiger partial charge in [0.25, 0.3) is 5.91 Å². The number of nitrogens with two attached hydrogens (primary N) is 1. The predicted octanol–water partition coefficient (Wildman–Crippen LogP) is 0.952. The zero-order valence-electron chi connectivity index (χ0n) is 8.83. The second kappa shape index (κ2) is 3.46. The quantitative estimate of drug-likeness (QED) is 0.672. The van der Waals surface area contributed by atoms with E-state index < -0.39 is 0 Å². The number of nitrogen functional groups attached to an aromatic ring is 1. The fraction of sp³-hybridized carbons (Fsp3) is 0.364. The van der Waals surface area contributed by atoms with Crippen LogP contribution >= 0.6 is 0 Å². The second-order valence-electron chi connectivity index (χ2n) is 3.79. The van der Waals surface area contributed by atoms with E-state index in [-0.39, 0.29) is 11.9 Å². The van der Waals surface area contributed by atoms with Gasteiger partial charge < -0.3 is 15.8 Å². The molecule has 0 aliphatic carbocycles. The van der Waals surface area contributed by atoms with Gasteiger partial charge in [-0.15, -0.1) is 0 Å². The summed E-state index contributed by atoms with van der Waals surface area (Å²) in [4.78, 5) is 11.7. The van der Waals surface area contributed by atoms with Crippen molar-refractivity contribution < 1.29 is 9.53 Å². The van der Waals surface area contributed by atoms with Gasteiger partial charge in [0.05, 0.1) is 18.4 Å². The number of ether oxygens (including phenoxy) is 1. The summed E-state index contributed by atoms with van der Waals surface area (Å²) < 4.78 is 5.08. The Bertz CT molecular complexity index is 415. The molecule has 0 aromatic heterocycles. The van der Waals surface area contributed by atoms with Gasteiger partial charge in [0.2, 0.25) is 0 Å². The second-order valence-corrected chi connectivity index (χ2v) is 3.79. The molecular weight excluding hydrogens is 192 g/mol. The molecule has 15 heavy (non-hydrogen) atoms. The number of hydrogen-bond donors (Lipinski definition) is 2. The molecule has 80 valence electrons. The molecular formula is C11H14N2O2.